The number of nitrogens with one attached hydrogen (secondary N) is 1. The van der Waals surface area contributed by atoms with Gasteiger partial charge in [-0.2, -0.15) is 0 Å². The maximum absolute atomic E-state index is 13.7. The highest BCUT2D eigenvalue weighted by atomic mass is 79.9. The molecule has 0 bridgehead atoms. The van der Waals surface area contributed by atoms with Gasteiger partial charge in [-0.15, -0.1) is 0 Å². The molecule has 0 radical (unpaired) electrons. The molecule has 1 atom stereocenters. The number of likely N-dealkylation sites (N-methyl/N-ethyl adjacent to an activating group) is 1. The Morgan fingerprint density at radius 3 is 2.82 bits per heavy atom. The minimum atomic E-state index is -0.0953. The van der Waals surface area contributed by atoms with Crippen LogP contribution in [0.4, 0.5) is 4.39 Å². The van der Waals surface area contributed by atoms with E-state index in [0.29, 0.717) is 6.04 Å². The summed E-state index contributed by atoms with van der Waals surface area (Å²) < 4.78 is 14.6. The van der Waals surface area contributed by atoms with Gasteiger partial charge in [0, 0.05) is 10.5 Å². The van der Waals surface area contributed by atoms with Gasteiger partial charge in [0.05, 0.1) is 0 Å². The Morgan fingerprint density at radius 1 is 1.47 bits per heavy atom. The van der Waals surface area contributed by atoms with E-state index in [1.165, 1.54) is 31.7 Å². The molecule has 0 aromatic heterocycles. The third-order valence-electron chi connectivity index (χ3n) is 3.72. The van der Waals surface area contributed by atoms with E-state index in [1.807, 2.05) is 13.1 Å². The topological polar surface area (TPSA) is 12.0 Å². The lowest BCUT2D eigenvalue weighted by atomic mass is 9.80. The van der Waals surface area contributed by atoms with E-state index in [2.05, 4.69) is 21.2 Å². The molecule has 0 amide bonds. The second kappa shape index (κ2) is 5.96. The highest BCUT2D eigenvalue weighted by molar-refractivity contribution is 9.10. The van der Waals surface area contributed by atoms with Crippen LogP contribution in [0.15, 0.2) is 22.7 Å². The molecule has 2 rings (SSSR count). The maximum Gasteiger partial charge on any atom is 0.126 e. The number of hydrogen-bond donors (Lipinski definition) is 1. The molecule has 0 aliphatic heterocycles. The smallest absolute Gasteiger partial charge is 0.126 e. The van der Waals surface area contributed by atoms with Crippen molar-refractivity contribution in [3.63, 3.8) is 0 Å². The van der Waals surface area contributed by atoms with Crippen molar-refractivity contribution >= 4 is 15.9 Å². The van der Waals surface area contributed by atoms with Crippen molar-refractivity contribution in [2.45, 2.75) is 38.1 Å². The minimum Gasteiger partial charge on any atom is -0.317 e. The number of halogens is 2. The van der Waals surface area contributed by atoms with Gasteiger partial charge in [-0.05, 0) is 49.6 Å². The van der Waals surface area contributed by atoms with Crippen LogP contribution in [-0.4, -0.2) is 13.1 Å². The second-order valence-corrected chi connectivity index (χ2v) is 5.87. The molecule has 1 aromatic carbocycles. The number of benzene rings is 1. The molecule has 3 heteroatoms. The molecule has 0 heterocycles. The third-order valence-corrected chi connectivity index (χ3v) is 4.22. The van der Waals surface area contributed by atoms with Crippen molar-refractivity contribution in [2.24, 2.45) is 5.92 Å². The van der Waals surface area contributed by atoms with E-state index in [1.54, 1.807) is 6.07 Å². The zero-order chi connectivity index (χ0) is 12.3. The fourth-order valence-electron chi connectivity index (χ4n) is 2.40. The summed E-state index contributed by atoms with van der Waals surface area (Å²) in [5, 5.41) is 3.31. The Hall–Kier alpha value is -0.410. The predicted molar refractivity (Wildman–Crippen MR) is 72.6 cm³/mol. The van der Waals surface area contributed by atoms with Crippen LogP contribution in [0, 0.1) is 11.7 Å². The Morgan fingerprint density at radius 2 is 2.24 bits per heavy atom. The molecule has 1 aromatic rings. The Kier molecular flexibility index (Phi) is 4.57. The van der Waals surface area contributed by atoms with Crippen molar-refractivity contribution < 1.29 is 4.39 Å². The van der Waals surface area contributed by atoms with Crippen LogP contribution in [0.25, 0.3) is 0 Å². The van der Waals surface area contributed by atoms with Crippen LogP contribution in [-0.2, 0) is 6.42 Å². The summed E-state index contributed by atoms with van der Waals surface area (Å²) in [4.78, 5) is 0. The van der Waals surface area contributed by atoms with Gasteiger partial charge in [0.2, 0.25) is 0 Å². The molecule has 94 valence electrons. The van der Waals surface area contributed by atoms with Gasteiger partial charge in [-0.3, -0.25) is 0 Å². The average molecular weight is 300 g/mol. The number of rotatable bonds is 5. The van der Waals surface area contributed by atoms with Crippen LogP contribution in [0.5, 0.6) is 0 Å². The molecular weight excluding hydrogens is 281 g/mol. The van der Waals surface area contributed by atoms with Crippen LogP contribution in [0.3, 0.4) is 0 Å². The Labute approximate surface area is 111 Å². The van der Waals surface area contributed by atoms with Gasteiger partial charge < -0.3 is 5.32 Å². The molecule has 1 nitrogen and oxygen atoms in total. The van der Waals surface area contributed by atoms with E-state index >= 15 is 0 Å². The zero-order valence-corrected chi connectivity index (χ0v) is 11.8. The minimum absolute atomic E-state index is 0.0953. The molecule has 1 unspecified atom stereocenters. The fraction of sp³-hybridized carbons (Fsp3) is 0.571. The molecular formula is C14H19BrFN. The molecule has 1 fully saturated rings. The molecule has 1 aliphatic rings. The monoisotopic (exact) mass is 299 g/mol. The van der Waals surface area contributed by atoms with Gasteiger partial charge in [0.1, 0.15) is 5.82 Å². The number of hydrogen-bond acceptors (Lipinski definition) is 1. The Bertz CT molecular complexity index is 376. The van der Waals surface area contributed by atoms with E-state index in [4.69, 9.17) is 0 Å². The first-order chi connectivity index (χ1) is 8.19. The molecule has 1 aliphatic carbocycles. The van der Waals surface area contributed by atoms with Crippen molar-refractivity contribution in [1.29, 1.82) is 0 Å². The van der Waals surface area contributed by atoms with Crippen LogP contribution in [0.1, 0.15) is 31.2 Å². The summed E-state index contributed by atoms with van der Waals surface area (Å²) in [6, 6.07) is 5.57. The lowest BCUT2D eigenvalue weighted by Gasteiger charge is -2.29. The summed E-state index contributed by atoms with van der Waals surface area (Å²) in [6.45, 7) is 0. The standard InChI is InChI=1S/C14H19BrFN/c1-17-13(7-10-3-2-4-10)9-11-8-12(15)5-6-14(11)16/h5-6,8,10,13,17H,2-4,7,9H2,1H3. The van der Waals surface area contributed by atoms with Crippen molar-refractivity contribution in [2.75, 3.05) is 7.05 Å². The second-order valence-electron chi connectivity index (χ2n) is 4.96. The van der Waals surface area contributed by atoms with Gasteiger partial charge in [0.15, 0.2) is 0 Å². The van der Waals surface area contributed by atoms with Crippen LogP contribution >= 0.6 is 15.9 Å². The summed E-state index contributed by atoms with van der Waals surface area (Å²) in [7, 11) is 1.97. The van der Waals surface area contributed by atoms with Gasteiger partial charge >= 0.3 is 0 Å². The lowest BCUT2D eigenvalue weighted by Crippen LogP contribution is -2.32. The SMILES string of the molecule is CNC(Cc1cc(Br)ccc1F)CC1CCC1. The molecule has 1 N–H and O–H groups in total. The van der Waals surface area contributed by atoms with E-state index in [-0.39, 0.29) is 5.82 Å². The average Bonchev–Trinajstić information content (AvgIpc) is 2.26. The fourth-order valence-corrected chi connectivity index (χ4v) is 2.81. The van der Waals surface area contributed by atoms with E-state index < -0.39 is 0 Å². The molecule has 0 saturated heterocycles. The van der Waals surface area contributed by atoms with Crippen molar-refractivity contribution in [1.82, 2.24) is 5.32 Å². The molecule has 17 heavy (non-hydrogen) atoms. The first-order valence-corrected chi connectivity index (χ1v) is 7.09. The van der Waals surface area contributed by atoms with Gasteiger partial charge in [0.25, 0.3) is 0 Å². The van der Waals surface area contributed by atoms with Crippen molar-refractivity contribution in [3.05, 3.63) is 34.1 Å². The first kappa shape index (κ1) is 13.0. The summed E-state index contributed by atoms with van der Waals surface area (Å²) in [5.41, 5.74) is 0.804. The van der Waals surface area contributed by atoms with Crippen LogP contribution in [0.2, 0.25) is 0 Å². The molecule has 0 spiro atoms. The lowest BCUT2D eigenvalue weighted by molar-refractivity contribution is 0.263. The van der Waals surface area contributed by atoms with Gasteiger partial charge in [-0.1, -0.05) is 35.2 Å². The predicted octanol–water partition coefficient (Wildman–Crippen LogP) is 3.91. The maximum atomic E-state index is 13.7. The van der Waals surface area contributed by atoms with Crippen LogP contribution < -0.4 is 5.32 Å². The van der Waals surface area contributed by atoms with E-state index in [9.17, 15) is 4.39 Å². The highest BCUT2D eigenvalue weighted by Gasteiger charge is 2.22. The normalized spacial score (nSPS) is 17.8. The van der Waals surface area contributed by atoms with Crippen molar-refractivity contribution in [3.8, 4) is 0 Å². The third kappa shape index (κ3) is 3.52. The summed E-state index contributed by atoms with van der Waals surface area (Å²) in [6.07, 6.45) is 6.01. The zero-order valence-electron chi connectivity index (χ0n) is 10.2. The summed E-state index contributed by atoms with van der Waals surface area (Å²) >= 11 is 3.40. The quantitative estimate of drug-likeness (QED) is 0.869. The van der Waals surface area contributed by atoms with E-state index in [0.717, 1.165) is 22.4 Å². The van der Waals surface area contributed by atoms with Gasteiger partial charge in [-0.25, -0.2) is 4.39 Å². The highest BCUT2D eigenvalue weighted by Crippen LogP contribution is 2.31. The largest absolute Gasteiger partial charge is 0.317 e. The Balaban J connectivity index is 1.98. The first-order valence-electron chi connectivity index (χ1n) is 6.30. The molecule has 1 saturated carbocycles. The summed E-state index contributed by atoms with van der Waals surface area (Å²) in [5.74, 6) is 0.754.